The van der Waals surface area contributed by atoms with Crippen LogP contribution >= 0.6 is 0 Å². The predicted octanol–water partition coefficient (Wildman–Crippen LogP) is 1.19. The van der Waals surface area contributed by atoms with Gasteiger partial charge in [0.05, 0.1) is 23.9 Å². The summed E-state index contributed by atoms with van der Waals surface area (Å²) in [5.41, 5.74) is 9.39. The molecule has 2 aliphatic rings. The monoisotopic (exact) mass is 297 g/mol. The lowest BCUT2D eigenvalue weighted by molar-refractivity contribution is -0.137. The van der Waals surface area contributed by atoms with Gasteiger partial charge in [0.25, 0.3) is 0 Å². The van der Waals surface area contributed by atoms with Gasteiger partial charge in [0.2, 0.25) is 5.70 Å². The Morgan fingerprint density at radius 3 is 2.86 bits per heavy atom. The van der Waals surface area contributed by atoms with Gasteiger partial charge in [-0.2, -0.15) is 18.2 Å². The summed E-state index contributed by atoms with van der Waals surface area (Å²) in [4.78, 5) is 4.19. The van der Waals surface area contributed by atoms with E-state index in [1.165, 1.54) is 6.07 Å². The molecule has 1 fully saturated rings. The van der Waals surface area contributed by atoms with E-state index in [0.29, 0.717) is 17.9 Å². The lowest BCUT2D eigenvalue weighted by Gasteiger charge is -2.30. The quantitative estimate of drug-likeness (QED) is 0.682. The highest BCUT2D eigenvalue weighted by Gasteiger charge is 2.45. The van der Waals surface area contributed by atoms with Crippen LogP contribution in [0.2, 0.25) is 0 Å². The van der Waals surface area contributed by atoms with Crippen LogP contribution in [0.5, 0.6) is 0 Å². The highest BCUT2D eigenvalue weighted by Crippen LogP contribution is 2.30. The molecule has 1 radical (unpaired) electrons. The van der Waals surface area contributed by atoms with E-state index in [9.17, 15) is 13.2 Å². The van der Waals surface area contributed by atoms with E-state index < -0.39 is 17.5 Å². The fourth-order valence-electron chi connectivity index (χ4n) is 2.22. The van der Waals surface area contributed by atoms with Gasteiger partial charge >= 0.3 is 12.0 Å². The highest BCUT2D eigenvalue weighted by atomic mass is 19.4. The van der Waals surface area contributed by atoms with Crippen LogP contribution in [-0.2, 0) is 6.18 Å². The smallest absolute Gasteiger partial charge is 0.297 e. The molecule has 1 atom stereocenters. The van der Waals surface area contributed by atoms with Crippen molar-refractivity contribution in [2.24, 2.45) is 10.7 Å². The molecule has 3 rings (SSSR count). The number of alkyl halides is 3. The fourth-order valence-corrected chi connectivity index (χ4v) is 2.22. The molecule has 0 saturated carbocycles. The second-order valence-corrected chi connectivity index (χ2v) is 5.15. The van der Waals surface area contributed by atoms with E-state index in [1.807, 2.05) is 0 Å². The van der Waals surface area contributed by atoms with Crippen LogP contribution in [-0.4, -0.2) is 18.2 Å². The van der Waals surface area contributed by atoms with E-state index in [2.05, 4.69) is 15.7 Å². The first-order valence-electron chi connectivity index (χ1n) is 6.33. The summed E-state index contributed by atoms with van der Waals surface area (Å²) in [6, 6.07) is 5.06. The Morgan fingerprint density at radius 2 is 2.14 bits per heavy atom. The maximum atomic E-state index is 12.8. The Kier molecular flexibility index (Phi) is 3.14. The van der Waals surface area contributed by atoms with Crippen molar-refractivity contribution in [3.8, 4) is 0 Å². The van der Waals surface area contributed by atoms with Gasteiger partial charge in [0, 0.05) is 5.01 Å². The van der Waals surface area contributed by atoms with Gasteiger partial charge in [0.15, 0.2) is 5.79 Å². The van der Waals surface area contributed by atoms with Crippen LogP contribution in [0.1, 0.15) is 18.1 Å². The lowest BCUT2D eigenvalue weighted by Crippen LogP contribution is -2.73. The number of rotatable bonds is 1. The second kappa shape index (κ2) is 4.63. The van der Waals surface area contributed by atoms with Crippen molar-refractivity contribution in [3.05, 3.63) is 47.3 Å². The minimum absolute atomic E-state index is 0.376. The van der Waals surface area contributed by atoms with Crippen molar-refractivity contribution in [3.63, 3.8) is 0 Å². The lowest BCUT2D eigenvalue weighted by atomic mass is 10.1. The second-order valence-electron chi connectivity index (χ2n) is 5.15. The minimum atomic E-state index is -4.38. The van der Waals surface area contributed by atoms with Crippen LogP contribution in [0, 0.1) is 0 Å². The summed E-state index contributed by atoms with van der Waals surface area (Å²) in [7, 11) is 0. The maximum absolute atomic E-state index is 12.8. The third-order valence-corrected chi connectivity index (χ3v) is 3.26. The number of hydrazine groups is 1. The zero-order valence-corrected chi connectivity index (χ0v) is 11.2. The molecular weight excluding hydrogens is 283 g/mol. The van der Waals surface area contributed by atoms with Gasteiger partial charge in [-0.15, -0.1) is 0 Å². The van der Waals surface area contributed by atoms with E-state index in [1.54, 1.807) is 24.2 Å². The van der Waals surface area contributed by atoms with Crippen molar-refractivity contribution < 1.29 is 13.2 Å². The summed E-state index contributed by atoms with van der Waals surface area (Å²) in [5.74, 6) is -0.460. The Hall–Kier alpha value is -1.74. The van der Waals surface area contributed by atoms with Crippen molar-refractivity contribution in [1.29, 1.82) is 0 Å². The van der Waals surface area contributed by atoms with E-state index in [4.69, 9.17) is 5.73 Å². The van der Waals surface area contributed by atoms with Crippen molar-refractivity contribution in [2.45, 2.75) is 18.9 Å². The van der Waals surface area contributed by atoms with Gasteiger partial charge in [0.1, 0.15) is 0 Å². The molecule has 8 heteroatoms. The fraction of sp³-hybridized carbons (Fsp3) is 0.308. The molecule has 2 aliphatic heterocycles. The van der Waals surface area contributed by atoms with Crippen molar-refractivity contribution in [2.75, 3.05) is 6.54 Å². The molecule has 5 nitrogen and oxygen atoms in total. The molecule has 2 heterocycles. The molecule has 0 bridgehead atoms. The standard InChI is InChI=1S/C13H14F3N5/c1-12(17)19-7-10-6-18-11(21(10)20-12)8-3-2-4-9(5-8)13(14,15)16/h2-6,19-20H,7,17H2,1H3/q+1. The Balaban J connectivity index is 1.92. The van der Waals surface area contributed by atoms with Gasteiger partial charge in [-0.1, -0.05) is 11.5 Å². The van der Waals surface area contributed by atoms with Crippen molar-refractivity contribution in [1.82, 2.24) is 15.8 Å². The number of aliphatic imine (C=N–C) groups is 1. The summed E-state index contributed by atoms with van der Waals surface area (Å²) in [5, 5.41) is 4.66. The largest absolute Gasteiger partial charge is 0.416 e. The number of halogens is 3. The average Bonchev–Trinajstić information content (AvgIpc) is 2.79. The van der Waals surface area contributed by atoms with Crippen molar-refractivity contribution >= 4 is 5.84 Å². The van der Waals surface area contributed by atoms with E-state index in [-0.39, 0.29) is 0 Å². The summed E-state index contributed by atoms with van der Waals surface area (Å²) in [6.07, 6.45) is -2.78. The number of nitrogens with two attached hydrogens (primary N) is 1. The molecule has 1 aromatic carbocycles. The Bertz CT molecular complexity index is 633. The normalized spacial score (nSPS) is 26.3. The summed E-state index contributed by atoms with van der Waals surface area (Å²) in [6.45, 7) is 2.21. The molecular formula is C13H14F3N5+. The Labute approximate surface area is 119 Å². The average molecular weight is 297 g/mol. The van der Waals surface area contributed by atoms with E-state index >= 15 is 0 Å². The number of benzene rings is 1. The van der Waals surface area contributed by atoms with Gasteiger partial charge in [-0.3, -0.25) is 11.1 Å². The predicted molar refractivity (Wildman–Crippen MR) is 71.9 cm³/mol. The number of hydrogen-bond donors (Lipinski definition) is 3. The molecule has 111 valence electrons. The zero-order chi connectivity index (χ0) is 15.3. The summed E-state index contributed by atoms with van der Waals surface area (Å²) < 4.78 is 38.4. The molecule has 0 aliphatic carbocycles. The van der Waals surface area contributed by atoms with E-state index in [0.717, 1.165) is 17.8 Å². The summed E-state index contributed by atoms with van der Waals surface area (Å²) >= 11 is 0. The highest BCUT2D eigenvalue weighted by molar-refractivity contribution is 6.03. The van der Waals surface area contributed by atoms with Crippen LogP contribution < -0.4 is 21.5 Å². The molecule has 0 spiro atoms. The molecule has 0 aromatic heterocycles. The van der Waals surface area contributed by atoms with Crippen LogP contribution in [0.15, 0.2) is 41.2 Å². The number of nitrogens with zero attached hydrogens (tertiary/aromatic N) is 2. The number of hydrogen-bond acceptors (Lipinski definition) is 5. The topological polar surface area (TPSA) is 68.3 Å². The minimum Gasteiger partial charge on any atom is -0.297 e. The number of nitrogens with one attached hydrogen (secondary N) is 2. The third kappa shape index (κ3) is 2.70. The Morgan fingerprint density at radius 1 is 1.38 bits per heavy atom. The maximum Gasteiger partial charge on any atom is 0.416 e. The van der Waals surface area contributed by atoms with Gasteiger partial charge in [-0.25, -0.2) is 0 Å². The molecule has 21 heavy (non-hydrogen) atoms. The molecule has 0 amide bonds. The first-order chi connectivity index (χ1) is 9.76. The molecule has 1 saturated heterocycles. The van der Waals surface area contributed by atoms with Crippen LogP contribution in [0.25, 0.3) is 0 Å². The first-order valence-corrected chi connectivity index (χ1v) is 6.33. The molecule has 1 unspecified atom stereocenters. The van der Waals surface area contributed by atoms with Crippen LogP contribution in [0.4, 0.5) is 13.2 Å². The third-order valence-electron chi connectivity index (χ3n) is 3.26. The first kappa shape index (κ1) is 14.2. The SMILES string of the molecule is CC1(N)NCC2=CN=C(c3cccc(C(F)(F)F)c3)[N+]2N1. The number of fused-ring (bicyclic) bond motifs is 1. The zero-order valence-electron chi connectivity index (χ0n) is 11.2. The molecule has 1 aromatic rings. The van der Waals surface area contributed by atoms with Gasteiger partial charge in [-0.05, 0) is 25.1 Å². The van der Waals surface area contributed by atoms with Crippen LogP contribution in [0.3, 0.4) is 0 Å². The van der Waals surface area contributed by atoms with Gasteiger partial charge < -0.3 is 0 Å². The molecule has 4 N–H and O–H groups in total. The number of amidine groups is 1.